The average molecular weight is 435 g/mol. The zero-order valence-electron chi connectivity index (χ0n) is 19.0. The second kappa shape index (κ2) is 9.25. The highest BCUT2D eigenvalue weighted by Crippen LogP contribution is 2.32. The van der Waals surface area contributed by atoms with Crippen LogP contribution in [0.3, 0.4) is 0 Å². The van der Waals surface area contributed by atoms with Gasteiger partial charge in [0, 0.05) is 11.1 Å². The molecule has 0 fully saturated rings. The fourth-order valence-electron chi connectivity index (χ4n) is 3.53. The highest BCUT2D eigenvalue weighted by atomic mass is 16.5. The molecule has 33 heavy (non-hydrogen) atoms. The maximum absolute atomic E-state index is 13.1. The van der Waals surface area contributed by atoms with Crippen molar-refractivity contribution in [1.29, 1.82) is 0 Å². The lowest BCUT2D eigenvalue weighted by Gasteiger charge is -2.16. The van der Waals surface area contributed by atoms with Crippen molar-refractivity contribution >= 4 is 11.8 Å². The second-order valence-corrected chi connectivity index (χ2v) is 8.99. The predicted molar refractivity (Wildman–Crippen MR) is 132 cm³/mol. The van der Waals surface area contributed by atoms with Gasteiger partial charge < -0.3 is 4.74 Å². The van der Waals surface area contributed by atoms with Crippen LogP contribution in [-0.2, 0) is 4.79 Å². The predicted octanol–water partition coefficient (Wildman–Crippen LogP) is 7.20. The zero-order valence-corrected chi connectivity index (χ0v) is 19.0. The molecule has 0 aromatic heterocycles. The van der Waals surface area contributed by atoms with E-state index in [1.54, 1.807) is 45.0 Å². The van der Waals surface area contributed by atoms with E-state index < -0.39 is 5.41 Å². The van der Waals surface area contributed by atoms with Gasteiger partial charge in [-0.05, 0) is 55.2 Å². The SMILES string of the molecule is CC(C)(C)C(=O)Oc1cccc(C(=O)c2ccc(-c3ccccc3-c3ccccc3)cc2)c1. The molecule has 3 nitrogen and oxygen atoms in total. The van der Waals surface area contributed by atoms with E-state index in [4.69, 9.17) is 4.74 Å². The molecule has 0 amide bonds. The van der Waals surface area contributed by atoms with E-state index >= 15 is 0 Å². The highest BCUT2D eigenvalue weighted by molar-refractivity contribution is 6.09. The van der Waals surface area contributed by atoms with Gasteiger partial charge in [-0.25, -0.2) is 0 Å². The van der Waals surface area contributed by atoms with Gasteiger partial charge in [-0.1, -0.05) is 91.0 Å². The molecule has 4 aromatic rings. The first-order chi connectivity index (χ1) is 15.8. The minimum atomic E-state index is -0.619. The van der Waals surface area contributed by atoms with E-state index in [1.165, 1.54) is 0 Å². The third kappa shape index (κ3) is 5.09. The first-order valence-corrected chi connectivity index (χ1v) is 10.9. The van der Waals surface area contributed by atoms with Crippen LogP contribution >= 0.6 is 0 Å². The van der Waals surface area contributed by atoms with E-state index in [0.29, 0.717) is 16.9 Å². The van der Waals surface area contributed by atoms with E-state index in [0.717, 1.165) is 22.3 Å². The molecule has 0 saturated heterocycles. The van der Waals surface area contributed by atoms with Crippen molar-refractivity contribution in [3.63, 3.8) is 0 Å². The van der Waals surface area contributed by atoms with Gasteiger partial charge in [-0.3, -0.25) is 9.59 Å². The van der Waals surface area contributed by atoms with Crippen molar-refractivity contribution in [3.8, 4) is 28.0 Å². The first-order valence-electron chi connectivity index (χ1n) is 10.9. The first kappa shape index (κ1) is 22.2. The van der Waals surface area contributed by atoms with Crippen LogP contribution in [0.2, 0.25) is 0 Å². The van der Waals surface area contributed by atoms with E-state index in [-0.39, 0.29) is 11.8 Å². The average Bonchev–Trinajstić information content (AvgIpc) is 2.84. The number of carbonyl (C=O) groups is 2. The minimum absolute atomic E-state index is 0.119. The molecular weight excluding hydrogens is 408 g/mol. The summed E-state index contributed by atoms with van der Waals surface area (Å²) in [6.45, 7) is 5.38. The summed E-state index contributed by atoms with van der Waals surface area (Å²) in [6, 6.07) is 32.9. The smallest absolute Gasteiger partial charge is 0.316 e. The number of hydrogen-bond acceptors (Lipinski definition) is 3. The van der Waals surface area contributed by atoms with Crippen LogP contribution < -0.4 is 4.74 Å². The topological polar surface area (TPSA) is 43.4 Å². The third-order valence-electron chi connectivity index (χ3n) is 5.39. The Balaban J connectivity index is 1.59. The summed E-state index contributed by atoms with van der Waals surface area (Å²) < 4.78 is 5.45. The van der Waals surface area contributed by atoms with Gasteiger partial charge >= 0.3 is 5.97 Å². The van der Waals surface area contributed by atoms with E-state index in [2.05, 4.69) is 24.3 Å². The third-order valence-corrected chi connectivity index (χ3v) is 5.39. The molecule has 3 heteroatoms. The van der Waals surface area contributed by atoms with Crippen LogP contribution in [0.4, 0.5) is 0 Å². The van der Waals surface area contributed by atoms with Gasteiger partial charge in [-0.15, -0.1) is 0 Å². The van der Waals surface area contributed by atoms with Crippen molar-refractivity contribution in [2.45, 2.75) is 20.8 Å². The lowest BCUT2D eigenvalue weighted by Crippen LogP contribution is -2.25. The summed E-state index contributed by atoms with van der Waals surface area (Å²) in [6.07, 6.45) is 0. The summed E-state index contributed by atoms with van der Waals surface area (Å²) in [4.78, 5) is 25.3. The maximum Gasteiger partial charge on any atom is 0.316 e. The molecule has 0 atom stereocenters. The van der Waals surface area contributed by atoms with Gasteiger partial charge in [0.1, 0.15) is 5.75 Å². The van der Waals surface area contributed by atoms with Gasteiger partial charge in [0.15, 0.2) is 5.78 Å². The summed E-state index contributed by atoms with van der Waals surface area (Å²) in [5.41, 5.74) is 4.88. The van der Waals surface area contributed by atoms with E-state index in [1.807, 2.05) is 54.6 Å². The fraction of sp³-hybridized carbons (Fsp3) is 0.133. The zero-order chi connectivity index (χ0) is 23.4. The minimum Gasteiger partial charge on any atom is -0.426 e. The number of esters is 1. The Hall–Kier alpha value is -3.98. The molecule has 0 spiro atoms. The molecule has 0 unspecified atom stereocenters. The van der Waals surface area contributed by atoms with Crippen LogP contribution in [0, 0.1) is 5.41 Å². The van der Waals surface area contributed by atoms with E-state index in [9.17, 15) is 9.59 Å². The van der Waals surface area contributed by atoms with Crippen LogP contribution in [-0.4, -0.2) is 11.8 Å². The van der Waals surface area contributed by atoms with Crippen LogP contribution in [0.1, 0.15) is 36.7 Å². The summed E-state index contributed by atoms with van der Waals surface area (Å²) in [5.74, 6) is -0.0886. The molecule has 4 aromatic carbocycles. The quantitative estimate of drug-likeness (QED) is 0.189. The Kier molecular flexibility index (Phi) is 6.23. The number of rotatable bonds is 5. The Morgan fingerprint density at radius 3 is 1.79 bits per heavy atom. The molecule has 4 rings (SSSR count). The molecule has 0 radical (unpaired) electrons. The van der Waals surface area contributed by atoms with Crippen molar-refractivity contribution in [3.05, 3.63) is 114 Å². The summed E-state index contributed by atoms with van der Waals surface area (Å²) in [7, 11) is 0. The maximum atomic E-state index is 13.1. The molecular formula is C30H26O3. The molecule has 0 aliphatic carbocycles. The van der Waals surface area contributed by atoms with Crippen molar-refractivity contribution < 1.29 is 14.3 Å². The lowest BCUT2D eigenvalue weighted by atomic mass is 9.93. The molecule has 0 N–H and O–H groups in total. The Bertz CT molecular complexity index is 1280. The Labute approximate surface area is 194 Å². The molecule has 0 heterocycles. The number of benzene rings is 4. The van der Waals surface area contributed by atoms with Crippen molar-refractivity contribution in [1.82, 2.24) is 0 Å². The standard InChI is InChI=1S/C30H26O3/c1-30(2,3)29(32)33-25-13-9-12-24(20-25)28(31)23-18-16-22(17-19-23)27-15-8-7-14-26(27)21-10-5-4-6-11-21/h4-20H,1-3H3. The Morgan fingerprint density at radius 2 is 1.18 bits per heavy atom. The molecule has 0 bridgehead atoms. The van der Waals surface area contributed by atoms with Gasteiger partial charge in [0.25, 0.3) is 0 Å². The summed E-state index contributed by atoms with van der Waals surface area (Å²) in [5, 5.41) is 0. The Morgan fingerprint density at radius 1 is 0.606 bits per heavy atom. The van der Waals surface area contributed by atoms with Gasteiger partial charge in [0.2, 0.25) is 0 Å². The van der Waals surface area contributed by atoms with Crippen LogP contribution in [0.5, 0.6) is 5.75 Å². The van der Waals surface area contributed by atoms with Gasteiger partial charge in [0.05, 0.1) is 5.41 Å². The monoisotopic (exact) mass is 434 g/mol. The molecule has 0 saturated carbocycles. The fourth-order valence-corrected chi connectivity index (χ4v) is 3.53. The molecule has 0 aliphatic heterocycles. The highest BCUT2D eigenvalue weighted by Gasteiger charge is 2.24. The number of ketones is 1. The largest absolute Gasteiger partial charge is 0.426 e. The van der Waals surface area contributed by atoms with Gasteiger partial charge in [-0.2, -0.15) is 0 Å². The number of carbonyl (C=O) groups excluding carboxylic acids is 2. The lowest BCUT2D eigenvalue weighted by molar-refractivity contribution is -0.143. The van der Waals surface area contributed by atoms with Crippen LogP contribution in [0.15, 0.2) is 103 Å². The van der Waals surface area contributed by atoms with Crippen LogP contribution in [0.25, 0.3) is 22.3 Å². The number of ether oxygens (including phenoxy) is 1. The summed E-state index contributed by atoms with van der Waals surface area (Å²) >= 11 is 0. The number of hydrogen-bond donors (Lipinski definition) is 0. The van der Waals surface area contributed by atoms with Crippen molar-refractivity contribution in [2.24, 2.45) is 5.41 Å². The molecule has 164 valence electrons. The normalized spacial score (nSPS) is 11.1. The second-order valence-electron chi connectivity index (χ2n) is 8.99. The molecule has 0 aliphatic rings. The van der Waals surface area contributed by atoms with Crippen molar-refractivity contribution in [2.75, 3.05) is 0 Å².